The first-order valence-corrected chi connectivity index (χ1v) is 4.94. The van der Waals surface area contributed by atoms with Gasteiger partial charge in [-0.25, -0.2) is 4.39 Å². The summed E-state index contributed by atoms with van der Waals surface area (Å²) >= 11 is 0. The van der Waals surface area contributed by atoms with E-state index in [-0.39, 0.29) is 18.0 Å². The lowest BCUT2D eigenvalue weighted by molar-refractivity contribution is -0.142. The molecule has 0 radical (unpaired) electrons. The van der Waals surface area contributed by atoms with Gasteiger partial charge in [0.2, 0.25) is 0 Å². The molecule has 108 valence electrons. The Labute approximate surface area is 113 Å². The summed E-state index contributed by atoms with van der Waals surface area (Å²) in [6.07, 6.45) is -5.14. The molecule has 0 aliphatic heterocycles. The largest absolute Gasteiger partial charge is 0.469 e. The van der Waals surface area contributed by atoms with Crippen molar-refractivity contribution >= 4 is 18.4 Å². The fourth-order valence-corrected chi connectivity index (χ4v) is 1.47. The summed E-state index contributed by atoms with van der Waals surface area (Å²) in [5, 5.41) is 0. The number of rotatable bonds is 3. The maximum absolute atomic E-state index is 12.8. The Morgan fingerprint density at radius 3 is 2.47 bits per heavy atom. The molecule has 0 aliphatic carbocycles. The molecule has 0 aliphatic rings. The molecule has 1 rings (SSSR count). The molecule has 1 aromatic carbocycles. The number of halogens is 5. The van der Waals surface area contributed by atoms with Gasteiger partial charge in [0.05, 0.1) is 19.1 Å². The fraction of sp³-hybridized carbons (Fsp3) is 0.364. The van der Waals surface area contributed by atoms with Gasteiger partial charge in [0.15, 0.2) is 0 Å². The lowest BCUT2D eigenvalue weighted by Gasteiger charge is -2.17. The third kappa shape index (κ3) is 4.68. The highest BCUT2D eigenvalue weighted by molar-refractivity contribution is 5.85. The van der Waals surface area contributed by atoms with Crippen molar-refractivity contribution in [2.24, 2.45) is 5.73 Å². The second-order valence-electron chi connectivity index (χ2n) is 3.62. The highest BCUT2D eigenvalue weighted by atomic mass is 35.5. The molecule has 0 fully saturated rings. The highest BCUT2D eigenvalue weighted by Crippen LogP contribution is 2.35. The first kappa shape index (κ1) is 17.7. The van der Waals surface area contributed by atoms with Crippen molar-refractivity contribution in [3.05, 3.63) is 35.1 Å². The lowest BCUT2D eigenvalue weighted by Crippen LogP contribution is -2.21. The average Bonchev–Trinajstić information content (AvgIpc) is 2.27. The zero-order chi connectivity index (χ0) is 13.9. The molecule has 0 saturated carbocycles. The van der Waals surface area contributed by atoms with Crippen LogP contribution < -0.4 is 5.73 Å². The van der Waals surface area contributed by atoms with E-state index in [2.05, 4.69) is 4.74 Å². The summed E-state index contributed by atoms with van der Waals surface area (Å²) < 4.78 is 55.2. The average molecular weight is 302 g/mol. The van der Waals surface area contributed by atoms with E-state index in [1.165, 1.54) is 0 Å². The molecular weight excluding hydrogens is 290 g/mol. The number of nitrogens with two attached hydrogens (primary N) is 1. The van der Waals surface area contributed by atoms with E-state index in [0.717, 1.165) is 19.2 Å². The smallest absolute Gasteiger partial charge is 0.416 e. The highest BCUT2D eigenvalue weighted by Gasteiger charge is 2.35. The lowest BCUT2D eigenvalue weighted by atomic mass is 9.98. The van der Waals surface area contributed by atoms with Gasteiger partial charge in [-0.15, -0.1) is 12.4 Å². The van der Waals surface area contributed by atoms with Crippen LogP contribution in [0.2, 0.25) is 0 Å². The topological polar surface area (TPSA) is 52.3 Å². The first-order chi connectivity index (χ1) is 8.25. The second kappa shape index (κ2) is 6.72. The minimum absolute atomic E-state index is 0. The van der Waals surface area contributed by atoms with Crippen molar-refractivity contribution in [3.8, 4) is 0 Å². The minimum Gasteiger partial charge on any atom is -0.469 e. The molecule has 3 nitrogen and oxygen atoms in total. The number of methoxy groups -OCH3 is 1. The van der Waals surface area contributed by atoms with E-state index in [1.807, 2.05) is 0 Å². The summed E-state index contributed by atoms with van der Waals surface area (Å²) in [6, 6.07) is 0.939. The van der Waals surface area contributed by atoms with Gasteiger partial charge in [0, 0.05) is 6.04 Å². The summed E-state index contributed by atoms with van der Waals surface area (Å²) in [4.78, 5) is 11.0. The number of ether oxygens (including phenoxy) is 1. The van der Waals surface area contributed by atoms with Gasteiger partial charge in [0.25, 0.3) is 0 Å². The number of hydrogen-bond donors (Lipinski definition) is 1. The van der Waals surface area contributed by atoms with Crippen LogP contribution in [0.1, 0.15) is 23.6 Å². The Balaban J connectivity index is 0.00000324. The van der Waals surface area contributed by atoms with Crippen molar-refractivity contribution < 1.29 is 27.1 Å². The molecule has 0 spiro atoms. The number of benzene rings is 1. The van der Waals surface area contributed by atoms with E-state index >= 15 is 0 Å². The zero-order valence-electron chi connectivity index (χ0n) is 9.83. The van der Waals surface area contributed by atoms with Crippen molar-refractivity contribution in [3.63, 3.8) is 0 Å². The normalized spacial score (nSPS) is 12.5. The number of hydrogen-bond acceptors (Lipinski definition) is 3. The van der Waals surface area contributed by atoms with Gasteiger partial charge in [-0.1, -0.05) is 6.07 Å². The minimum atomic E-state index is -4.73. The predicted octanol–water partition coefficient (Wildman–Crippen LogP) is 2.83. The van der Waals surface area contributed by atoms with Crippen LogP contribution in [0, 0.1) is 5.82 Å². The van der Waals surface area contributed by atoms with Crippen molar-refractivity contribution in [2.45, 2.75) is 18.6 Å². The molecule has 1 atom stereocenters. The summed E-state index contributed by atoms with van der Waals surface area (Å²) in [5.41, 5.74) is 3.98. The van der Waals surface area contributed by atoms with E-state index < -0.39 is 36.0 Å². The van der Waals surface area contributed by atoms with Crippen molar-refractivity contribution in [2.75, 3.05) is 7.11 Å². The number of carbonyl (C=O) groups is 1. The summed E-state index contributed by atoms with van der Waals surface area (Å²) in [7, 11) is 1.10. The molecular formula is C11H12ClF4NO2. The SMILES string of the molecule is COC(=O)C[C@H](N)c1ccc(F)cc1C(F)(F)F.Cl. The fourth-order valence-electron chi connectivity index (χ4n) is 1.47. The first-order valence-electron chi connectivity index (χ1n) is 4.94. The monoisotopic (exact) mass is 301 g/mol. The second-order valence-corrected chi connectivity index (χ2v) is 3.62. The molecule has 2 N–H and O–H groups in total. The predicted molar refractivity (Wildman–Crippen MR) is 62.2 cm³/mol. The van der Waals surface area contributed by atoms with Crippen LogP contribution in [0.3, 0.4) is 0 Å². The van der Waals surface area contributed by atoms with Crippen LogP contribution in [-0.2, 0) is 15.7 Å². The van der Waals surface area contributed by atoms with Crippen LogP contribution in [0.15, 0.2) is 18.2 Å². The van der Waals surface area contributed by atoms with Gasteiger partial charge in [0.1, 0.15) is 5.82 Å². The van der Waals surface area contributed by atoms with E-state index in [9.17, 15) is 22.4 Å². The van der Waals surface area contributed by atoms with E-state index in [0.29, 0.717) is 6.07 Å². The number of carbonyl (C=O) groups excluding carboxylic acids is 1. The van der Waals surface area contributed by atoms with Crippen molar-refractivity contribution in [1.29, 1.82) is 0 Å². The Kier molecular flexibility index (Phi) is 6.24. The molecule has 1 aromatic rings. The number of esters is 1. The quantitative estimate of drug-likeness (QED) is 0.690. The van der Waals surface area contributed by atoms with Gasteiger partial charge < -0.3 is 10.5 Å². The third-order valence-corrected chi connectivity index (χ3v) is 2.33. The summed E-state index contributed by atoms with van der Waals surface area (Å²) in [5.74, 6) is -1.75. The molecule has 8 heteroatoms. The molecule has 19 heavy (non-hydrogen) atoms. The summed E-state index contributed by atoms with van der Waals surface area (Å²) in [6.45, 7) is 0. The van der Waals surface area contributed by atoms with Crippen LogP contribution in [-0.4, -0.2) is 13.1 Å². The third-order valence-electron chi connectivity index (χ3n) is 2.33. The molecule has 0 unspecified atom stereocenters. The molecule has 0 saturated heterocycles. The maximum atomic E-state index is 12.8. The number of alkyl halides is 3. The standard InChI is InChI=1S/C11H11F4NO2.ClH/c1-18-10(17)5-9(16)7-3-2-6(12)4-8(7)11(13,14)15;/h2-4,9H,5,16H2,1H3;1H/t9-;/m0./s1. The van der Waals surface area contributed by atoms with Crippen molar-refractivity contribution in [1.82, 2.24) is 0 Å². The van der Waals surface area contributed by atoms with E-state index in [4.69, 9.17) is 5.73 Å². The van der Waals surface area contributed by atoms with Gasteiger partial charge in [-0.05, 0) is 17.7 Å². The molecule has 0 amide bonds. The van der Waals surface area contributed by atoms with Crippen LogP contribution in [0.5, 0.6) is 0 Å². The van der Waals surface area contributed by atoms with Gasteiger partial charge in [-0.2, -0.15) is 13.2 Å². The maximum Gasteiger partial charge on any atom is 0.416 e. The van der Waals surface area contributed by atoms with Gasteiger partial charge in [-0.3, -0.25) is 4.79 Å². The van der Waals surface area contributed by atoms with Crippen LogP contribution >= 0.6 is 12.4 Å². The zero-order valence-corrected chi connectivity index (χ0v) is 10.6. The van der Waals surface area contributed by atoms with E-state index in [1.54, 1.807) is 0 Å². The molecule has 0 bridgehead atoms. The van der Waals surface area contributed by atoms with Crippen LogP contribution in [0.25, 0.3) is 0 Å². The Morgan fingerprint density at radius 2 is 2.00 bits per heavy atom. The van der Waals surface area contributed by atoms with Gasteiger partial charge >= 0.3 is 12.1 Å². The Hall–Kier alpha value is -1.34. The van der Waals surface area contributed by atoms with Crippen LogP contribution in [0.4, 0.5) is 17.6 Å². The molecule has 0 heterocycles. The Morgan fingerprint density at radius 1 is 1.42 bits per heavy atom. The molecule has 0 aromatic heterocycles. The Bertz CT molecular complexity index is 451.